The van der Waals surface area contributed by atoms with Gasteiger partial charge < -0.3 is 15.6 Å². The van der Waals surface area contributed by atoms with Crippen LogP contribution in [-0.2, 0) is 4.74 Å². The molecule has 0 aromatic carbocycles. The summed E-state index contributed by atoms with van der Waals surface area (Å²) < 4.78 is 5.51. The van der Waals surface area contributed by atoms with Crippen molar-refractivity contribution in [3.63, 3.8) is 0 Å². The summed E-state index contributed by atoms with van der Waals surface area (Å²) in [7, 11) is 0. The molecule has 2 unspecified atom stereocenters. The number of ether oxygens (including phenoxy) is 1. The molecule has 0 aromatic rings. The van der Waals surface area contributed by atoms with Crippen molar-refractivity contribution in [1.29, 1.82) is 0 Å². The maximum Gasteiger partial charge on any atom is 0.0727 e. The summed E-state index contributed by atoms with van der Waals surface area (Å²) in [5, 5.41) is 8.70. The quantitative estimate of drug-likeness (QED) is 0.634. The maximum absolute atomic E-state index is 8.70. The van der Waals surface area contributed by atoms with E-state index in [2.05, 4.69) is 0 Å². The first-order valence-electron chi connectivity index (χ1n) is 3.91. The van der Waals surface area contributed by atoms with Crippen LogP contribution in [0.4, 0.5) is 0 Å². The summed E-state index contributed by atoms with van der Waals surface area (Å²) in [6.45, 7) is 7.73. The van der Waals surface area contributed by atoms with Crippen molar-refractivity contribution >= 4 is 0 Å². The molecule has 0 saturated heterocycles. The highest BCUT2D eigenvalue weighted by Crippen LogP contribution is 2.11. The van der Waals surface area contributed by atoms with E-state index < -0.39 is 0 Å². The number of rotatable bonds is 3. The molecule has 0 fully saturated rings. The number of nitrogens with two attached hydrogens (primary N) is 1. The first-order valence-corrected chi connectivity index (χ1v) is 3.91. The van der Waals surface area contributed by atoms with Gasteiger partial charge in [-0.15, -0.1) is 0 Å². The van der Waals surface area contributed by atoms with Crippen LogP contribution in [0, 0.1) is 0 Å². The molecule has 2 atom stereocenters. The molecule has 0 aliphatic carbocycles. The van der Waals surface area contributed by atoms with Crippen LogP contribution >= 0.6 is 0 Å². The number of aliphatic hydroxyl groups excluding tert-OH is 1. The van der Waals surface area contributed by atoms with E-state index >= 15 is 0 Å². The fourth-order valence-electron chi connectivity index (χ4n) is 0.794. The van der Waals surface area contributed by atoms with E-state index in [0.717, 1.165) is 0 Å². The van der Waals surface area contributed by atoms with Gasteiger partial charge in [-0.3, -0.25) is 0 Å². The third-order valence-corrected chi connectivity index (χ3v) is 1.35. The lowest BCUT2D eigenvalue weighted by atomic mass is 10.1. The van der Waals surface area contributed by atoms with Gasteiger partial charge in [-0.25, -0.2) is 0 Å². The second kappa shape index (κ2) is 4.04. The Labute approximate surface area is 68.5 Å². The highest BCUT2D eigenvalue weighted by Gasteiger charge is 2.19. The Morgan fingerprint density at radius 1 is 1.45 bits per heavy atom. The Bertz CT molecular complexity index is 109. The molecule has 0 radical (unpaired) electrons. The molecule has 3 N–H and O–H groups in total. The topological polar surface area (TPSA) is 55.5 Å². The lowest BCUT2D eigenvalue weighted by molar-refractivity contribution is -0.0669. The van der Waals surface area contributed by atoms with Crippen molar-refractivity contribution in [3.05, 3.63) is 0 Å². The zero-order valence-corrected chi connectivity index (χ0v) is 7.79. The smallest absolute Gasteiger partial charge is 0.0727 e. The molecule has 0 spiro atoms. The van der Waals surface area contributed by atoms with Gasteiger partial charge in [0.1, 0.15) is 0 Å². The molecule has 0 aromatic heterocycles. The summed E-state index contributed by atoms with van der Waals surface area (Å²) in [5.41, 5.74) is 5.36. The van der Waals surface area contributed by atoms with Crippen LogP contribution < -0.4 is 5.73 Å². The van der Waals surface area contributed by atoms with Gasteiger partial charge in [-0.05, 0) is 27.7 Å². The van der Waals surface area contributed by atoms with Gasteiger partial charge >= 0.3 is 0 Å². The van der Waals surface area contributed by atoms with Crippen LogP contribution in [0.25, 0.3) is 0 Å². The fraction of sp³-hybridized carbons (Fsp3) is 1.00. The largest absolute Gasteiger partial charge is 0.395 e. The van der Waals surface area contributed by atoms with Crippen LogP contribution in [0.2, 0.25) is 0 Å². The Morgan fingerprint density at radius 2 is 1.91 bits per heavy atom. The van der Waals surface area contributed by atoms with E-state index in [1.54, 1.807) is 0 Å². The predicted octanol–water partition coefficient (Wildman–Crippen LogP) is 0.510. The van der Waals surface area contributed by atoms with Gasteiger partial charge in [-0.1, -0.05) is 0 Å². The zero-order valence-electron chi connectivity index (χ0n) is 7.79. The summed E-state index contributed by atoms with van der Waals surface area (Å²) in [6.07, 6.45) is -0.0972. The van der Waals surface area contributed by atoms with Crippen molar-refractivity contribution in [3.8, 4) is 0 Å². The van der Waals surface area contributed by atoms with Crippen LogP contribution in [0.1, 0.15) is 27.7 Å². The number of aliphatic hydroxyl groups is 1. The van der Waals surface area contributed by atoms with Gasteiger partial charge in [0.2, 0.25) is 0 Å². The lowest BCUT2D eigenvalue weighted by Crippen LogP contribution is -2.41. The molecule has 3 nitrogen and oxygen atoms in total. The minimum atomic E-state index is -0.283. The Morgan fingerprint density at radius 3 is 2.18 bits per heavy atom. The number of hydrogen-bond donors (Lipinski definition) is 2. The average Bonchev–Trinajstić information content (AvgIpc) is 1.82. The molecule has 3 heteroatoms. The highest BCUT2D eigenvalue weighted by atomic mass is 16.5. The number of hydrogen-bond acceptors (Lipinski definition) is 3. The molecular formula is C8H19NO2. The van der Waals surface area contributed by atoms with Crippen LogP contribution in [0.3, 0.4) is 0 Å². The zero-order chi connectivity index (χ0) is 9.07. The maximum atomic E-state index is 8.70. The van der Waals surface area contributed by atoms with E-state index in [0.29, 0.717) is 0 Å². The van der Waals surface area contributed by atoms with Gasteiger partial charge in [0, 0.05) is 0 Å². The molecule has 11 heavy (non-hydrogen) atoms. The minimum Gasteiger partial charge on any atom is -0.395 e. The summed E-state index contributed by atoms with van der Waals surface area (Å²) in [5.74, 6) is 0. The molecule has 68 valence electrons. The first-order chi connectivity index (χ1) is 4.87. The van der Waals surface area contributed by atoms with E-state index in [1.165, 1.54) is 0 Å². The lowest BCUT2D eigenvalue weighted by Gasteiger charge is -2.27. The average molecular weight is 161 g/mol. The fourth-order valence-corrected chi connectivity index (χ4v) is 0.794. The monoisotopic (exact) mass is 161 g/mol. The highest BCUT2D eigenvalue weighted by molar-refractivity contribution is 4.71. The minimum absolute atomic E-state index is 0.0305. The van der Waals surface area contributed by atoms with Crippen molar-refractivity contribution in [2.75, 3.05) is 6.61 Å². The van der Waals surface area contributed by atoms with Crippen LogP contribution in [0.5, 0.6) is 0 Å². The normalized spacial score (nSPS) is 18.0. The van der Waals surface area contributed by atoms with E-state index in [1.807, 2.05) is 27.7 Å². The van der Waals surface area contributed by atoms with Crippen LogP contribution in [0.15, 0.2) is 0 Å². The van der Waals surface area contributed by atoms with E-state index in [4.69, 9.17) is 15.6 Å². The first kappa shape index (κ1) is 10.9. The van der Waals surface area contributed by atoms with Gasteiger partial charge in [0.25, 0.3) is 0 Å². The van der Waals surface area contributed by atoms with Crippen LogP contribution in [-0.4, -0.2) is 29.5 Å². The van der Waals surface area contributed by atoms with Gasteiger partial charge in [0.05, 0.1) is 24.4 Å². The molecule has 0 heterocycles. The third kappa shape index (κ3) is 5.18. The third-order valence-electron chi connectivity index (χ3n) is 1.35. The molecule has 0 bridgehead atoms. The summed E-state index contributed by atoms with van der Waals surface area (Å²) in [6, 6.07) is -0.283. The van der Waals surface area contributed by atoms with Gasteiger partial charge in [0.15, 0.2) is 0 Å². The van der Waals surface area contributed by atoms with Crippen molar-refractivity contribution < 1.29 is 9.84 Å². The SMILES string of the molecule is CC(OC(C)(C)C)C(N)CO. The Balaban J connectivity index is 3.77. The van der Waals surface area contributed by atoms with Crippen molar-refractivity contribution in [1.82, 2.24) is 0 Å². The Kier molecular flexibility index (Phi) is 4.00. The van der Waals surface area contributed by atoms with E-state index in [-0.39, 0.29) is 24.4 Å². The molecule has 0 aliphatic rings. The standard InChI is InChI=1S/C8H19NO2/c1-6(7(9)5-10)11-8(2,3)4/h6-7,10H,5,9H2,1-4H3. The second-order valence-electron chi connectivity index (χ2n) is 3.78. The van der Waals surface area contributed by atoms with E-state index in [9.17, 15) is 0 Å². The Hall–Kier alpha value is -0.120. The van der Waals surface area contributed by atoms with Gasteiger partial charge in [-0.2, -0.15) is 0 Å². The molecular weight excluding hydrogens is 142 g/mol. The second-order valence-corrected chi connectivity index (χ2v) is 3.78. The molecule has 0 aliphatic heterocycles. The molecule has 0 rings (SSSR count). The van der Waals surface area contributed by atoms with Crippen molar-refractivity contribution in [2.45, 2.75) is 45.4 Å². The predicted molar refractivity (Wildman–Crippen MR) is 45.4 cm³/mol. The van der Waals surface area contributed by atoms with Crippen molar-refractivity contribution in [2.24, 2.45) is 5.73 Å². The summed E-state index contributed by atoms with van der Waals surface area (Å²) in [4.78, 5) is 0. The molecule has 0 amide bonds. The molecule has 0 saturated carbocycles. The summed E-state index contributed by atoms with van der Waals surface area (Å²) >= 11 is 0.